The van der Waals surface area contributed by atoms with E-state index in [9.17, 15) is 36.4 Å². The smallest absolute Gasteiger partial charge is 0.416 e. The van der Waals surface area contributed by atoms with E-state index in [0.717, 1.165) is 23.3 Å². The topological polar surface area (TPSA) is 157 Å². The molecular formula is C39H55F3N4O10S. The van der Waals surface area contributed by atoms with Gasteiger partial charge in [0, 0.05) is 32.2 Å². The average molecular weight is 829 g/mol. The molecule has 1 fully saturated rings. The molecule has 0 saturated carbocycles. The number of esters is 1. The van der Waals surface area contributed by atoms with Crippen molar-refractivity contribution in [2.75, 3.05) is 65.5 Å². The highest BCUT2D eigenvalue weighted by Gasteiger charge is 2.51. The number of hydrogen-bond donors (Lipinski definition) is 1. The second-order valence-corrected chi connectivity index (χ2v) is 18.2. The van der Waals surface area contributed by atoms with Crippen molar-refractivity contribution in [3.05, 3.63) is 64.2 Å². The van der Waals surface area contributed by atoms with Gasteiger partial charge in [0.2, 0.25) is 10.0 Å². The number of amidine groups is 1. The molecule has 1 N–H and O–H groups in total. The number of alkyl halides is 3. The van der Waals surface area contributed by atoms with E-state index in [4.69, 9.17) is 23.8 Å². The number of likely N-dealkylation sites (N-methyl/N-ethyl adjacent to an activating group) is 1. The van der Waals surface area contributed by atoms with Crippen LogP contribution in [0, 0.1) is 6.92 Å². The fraction of sp³-hybridized carbons (Fsp3) is 0.615. The first-order valence-corrected chi connectivity index (χ1v) is 20.4. The maximum absolute atomic E-state index is 14.0. The molecule has 57 heavy (non-hydrogen) atoms. The van der Waals surface area contributed by atoms with Gasteiger partial charge in [-0.25, -0.2) is 22.5 Å². The van der Waals surface area contributed by atoms with Crippen LogP contribution in [0.4, 0.5) is 13.2 Å². The molecule has 318 valence electrons. The van der Waals surface area contributed by atoms with Crippen LogP contribution >= 0.6 is 0 Å². The molecule has 2 aromatic rings. The van der Waals surface area contributed by atoms with E-state index in [1.165, 1.54) is 10.4 Å². The molecule has 18 heteroatoms. The second-order valence-electron chi connectivity index (χ2n) is 16.1. The van der Waals surface area contributed by atoms with Gasteiger partial charge < -0.3 is 18.9 Å². The Bertz CT molecular complexity index is 1870. The van der Waals surface area contributed by atoms with Crippen molar-refractivity contribution < 1.29 is 60.2 Å². The fourth-order valence-corrected chi connectivity index (χ4v) is 7.74. The number of rotatable bonds is 17. The van der Waals surface area contributed by atoms with E-state index in [0.29, 0.717) is 18.7 Å². The predicted octanol–water partition coefficient (Wildman–Crippen LogP) is 5.43. The van der Waals surface area contributed by atoms with E-state index < -0.39 is 50.6 Å². The highest BCUT2D eigenvalue weighted by atomic mass is 32.2. The number of aryl methyl sites for hydroxylation is 2. The van der Waals surface area contributed by atoms with Crippen LogP contribution in [0.1, 0.15) is 87.0 Å². The van der Waals surface area contributed by atoms with Crippen molar-refractivity contribution >= 4 is 27.7 Å². The van der Waals surface area contributed by atoms with Crippen molar-refractivity contribution in [1.29, 1.82) is 0 Å². The van der Waals surface area contributed by atoms with Crippen LogP contribution in [0.25, 0.3) is 0 Å². The van der Waals surface area contributed by atoms with E-state index in [2.05, 4.69) is 4.99 Å². The Morgan fingerprint density at radius 2 is 1.56 bits per heavy atom. The predicted molar refractivity (Wildman–Crippen MR) is 205 cm³/mol. The standard InChI is InChI=1S/C39H55F3N4O10S/c1-27-23-29(34(47)55-36(2,3)4)10-9-28(27)11-22-57(50,51)45-14-12-38(13-15-45)35(48)46(49)33(43-38)30-24-31(39(40,41)42)26-32(25-30)54-21-20-53-19-18-52-17-16-44(8)56-37(5,6)7/h9-10,23-26,49H,11-22H2,1-8H3. The van der Waals surface area contributed by atoms with Crippen molar-refractivity contribution in [1.82, 2.24) is 14.4 Å². The minimum absolute atomic E-state index is 0.0516. The Morgan fingerprint density at radius 3 is 2.16 bits per heavy atom. The first-order valence-electron chi connectivity index (χ1n) is 18.7. The summed E-state index contributed by atoms with van der Waals surface area (Å²) in [5, 5.41) is 12.7. The normalized spacial score (nSPS) is 16.8. The van der Waals surface area contributed by atoms with Crippen LogP contribution in [0.5, 0.6) is 5.75 Å². The summed E-state index contributed by atoms with van der Waals surface area (Å²) in [5.74, 6) is -2.16. The molecule has 4 rings (SSSR count). The van der Waals surface area contributed by atoms with E-state index >= 15 is 0 Å². The van der Waals surface area contributed by atoms with Crippen LogP contribution in [0.15, 0.2) is 41.4 Å². The summed E-state index contributed by atoms with van der Waals surface area (Å²) >= 11 is 0. The number of nitrogens with zero attached hydrogens (tertiary/aromatic N) is 4. The lowest BCUT2D eigenvalue weighted by Gasteiger charge is -2.35. The molecule has 2 aliphatic heterocycles. The van der Waals surface area contributed by atoms with Crippen molar-refractivity contribution in [3.8, 4) is 5.75 Å². The van der Waals surface area contributed by atoms with Crippen molar-refractivity contribution in [3.63, 3.8) is 0 Å². The molecule has 1 saturated heterocycles. The van der Waals surface area contributed by atoms with Crippen molar-refractivity contribution in [2.24, 2.45) is 4.99 Å². The number of carbonyl (C=O) groups is 2. The third kappa shape index (κ3) is 13.2. The van der Waals surface area contributed by atoms with Crippen LogP contribution < -0.4 is 4.74 Å². The van der Waals surface area contributed by atoms with Gasteiger partial charge in [-0.1, -0.05) is 6.07 Å². The summed E-state index contributed by atoms with van der Waals surface area (Å²) < 4.78 is 91.9. The summed E-state index contributed by atoms with van der Waals surface area (Å²) in [6, 6.07) is 7.75. The summed E-state index contributed by atoms with van der Waals surface area (Å²) in [5.41, 5.74) is -2.02. The molecule has 0 aromatic heterocycles. The third-order valence-electron chi connectivity index (χ3n) is 9.00. The van der Waals surface area contributed by atoms with Gasteiger partial charge in [0.05, 0.1) is 48.9 Å². The molecule has 0 radical (unpaired) electrons. The number of aliphatic imine (C=N–C) groups is 1. The maximum atomic E-state index is 14.0. The van der Waals surface area contributed by atoms with Crippen LogP contribution in [-0.4, -0.2) is 128 Å². The Hall–Kier alpha value is -3.65. The van der Waals surface area contributed by atoms with Crippen LogP contribution in [-0.2, 0) is 46.5 Å². The molecule has 0 atom stereocenters. The first-order chi connectivity index (χ1) is 26.4. The molecule has 1 amide bonds. The van der Waals surface area contributed by atoms with Gasteiger partial charge in [0.25, 0.3) is 5.91 Å². The Labute approximate surface area is 332 Å². The summed E-state index contributed by atoms with van der Waals surface area (Å²) in [6.45, 7) is 14.1. The third-order valence-corrected chi connectivity index (χ3v) is 10.9. The van der Waals surface area contributed by atoms with Gasteiger partial charge in [-0.15, -0.1) is 0 Å². The van der Waals surface area contributed by atoms with Crippen molar-refractivity contribution in [2.45, 2.75) is 90.6 Å². The minimum Gasteiger partial charge on any atom is -0.491 e. The van der Waals surface area contributed by atoms with E-state index in [-0.39, 0.29) is 86.5 Å². The largest absolute Gasteiger partial charge is 0.491 e. The van der Waals surface area contributed by atoms with E-state index in [1.54, 1.807) is 58.0 Å². The van der Waals surface area contributed by atoms with Gasteiger partial charge in [-0.3, -0.25) is 14.8 Å². The molecule has 0 unspecified atom stereocenters. The van der Waals surface area contributed by atoms with Gasteiger partial charge in [0.15, 0.2) is 5.84 Å². The number of piperidine rings is 1. The molecule has 2 aromatic carbocycles. The summed E-state index contributed by atoms with van der Waals surface area (Å²) in [4.78, 5) is 35.9. The highest BCUT2D eigenvalue weighted by Crippen LogP contribution is 2.38. The molecule has 0 aliphatic carbocycles. The zero-order valence-corrected chi connectivity index (χ0v) is 34.7. The lowest BCUT2D eigenvalue weighted by molar-refractivity contribution is -0.218. The number of hydroxylamine groups is 4. The number of halogens is 3. The lowest BCUT2D eigenvalue weighted by Crippen LogP contribution is -2.51. The molecule has 1 spiro atoms. The number of hydrogen-bond acceptors (Lipinski definition) is 12. The second kappa shape index (κ2) is 18.5. The Kier molecular flexibility index (Phi) is 15.0. The zero-order valence-electron chi connectivity index (χ0n) is 33.9. The number of sulfonamides is 1. The molecule has 14 nitrogen and oxygen atoms in total. The number of benzene rings is 2. The molecular weight excluding hydrogens is 774 g/mol. The average Bonchev–Trinajstić information content (AvgIpc) is 3.33. The lowest BCUT2D eigenvalue weighted by atomic mass is 9.89. The maximum Gasteiger partial charge on any atom is 0.416 e. The van der Waals surface area contributed by atoms with Crippen LogP contribution in [0.2, 0.25) is 0 Å². The SMILES string of the molecule is Cc1cc(C(=O)OC(C)(C)C)ccc1CCS(=O)(=O)N1CCC2(CC1)N=C(c1cc(OCCOCCOCCN(C)OC(C)(C)C)cc(C(F)(F)F)c1)N(O)C2=O. The fourth-order valence-electron chi connectivity index (χ4n) is 6.27. The number of ether oxygens (including phenoxy) is 4. The monoisotopic (exact) mass is 828 g/mol. The number of carbonyl (C=O) groups excluding carboxylic acids is 2. The minimum atomic E-state index is -4.78. The number of amides is 1. The molecule has 0 bridgehead atoms. The van der Waals surface area contributed by atoms with E-state index in [1.807, 2.05) is 20.8 Å². The zero-order chi connectivity index (χ0) is 42.4. The summed E-state index contributed by atoms with van der Waals surface area (Å²) in [6.07, 6.45) is -4.81. The summed E-state index contributed by atoms with van der Waals surface area (Å²) in [7, 11) is -2.00. The Morgan fingerprint density at radius 1 is 0.930 bits per heavy atom. The van der Waals surface area contributed by atoms with Gasteiger partial charge in [-0.2, -0.15) is 23.3 Å². The van der Waals surface area contributed by atoms with Gasteiger partial charge in [-0.05, 0) is 109 Å². The Balaban J connectivity index is 1.34. The highest BCUT2D eigenvalue weighted by molar-refractivity contribution is 7.89. The first kappa shape index (κ1) is 46.0. The van der Waals surface area contributed by atoms with Crippen LogP contribution in [0.3, 0.4) is 0 Å². The van der Waals surface area contributed by atoms with Gasteiger partial charge >= 0.3 is 12.1 Å². The quantitative estimate of drug-likeness (QED) is 0.0940. The van der Waals surface area contributed by atoms with Gasteiger partial charge in [0.1, 0.15) is 23.5 Å². The molecule has 2 aliphatic rings. The molecule has 2 heterocycles.